The number of hydrogen-bond acceptors (Lipinski definition) is 4. The van der Waals surface area contributed by atoms with Crippen LogP contribution in [0.3, 0.4) is 0 Å². The molecule has 0 aromatic heterocycles. The average molecular weight is 335 g/mol. The zero-order valence-corrected chi connectivity index (χ0v) is 14.3. The summed E-state index contributed by atoms with van der Waals surface area (Å²) in [4.78, 5) is 25.2. The maximum absolute atomic E-state index is 12.7. The summed E-state index contributed by atoms with van der Waals surface area (Å²) < 4.78 is 11.1. The van der Waals surface area contributed by atoms with E-state index in [0.29, 0.717) is 43.4 Å². The number of ether oxygens (including phenoxy) is 2. The average Bonchev–Trinajstić information content (AvgIpc) is 2.56. The van der Waals surface area contributed by atoms with Crippen LogP contribution in [0.4, 0.5) is 0 Å². The fraction of sp³-hybridized carbons (Fsp3) is 0.556. The topological polar surface area (TPSA) is 76.1 Å². The lowest BCUT2D eigenvalue weighted by molar-refractivity contribution is -0.138. The number of rotatable bonds is 7. The van der Waals surface area contributed by atoms with Crippen LogP contribution in [0, 0.1) is 5.92 Å². The monoisotopic (exact) mass is 335 g/mol. The summed E-state index contributed by atoms with van der Waals surface area (Å²) in [5, 5.41) is 8.86. The maximum Gasteiger partial charge on any atom is 0.303 e. The van der Waals surface area contributed by atoms with Crippen molar-refractivity contribution in [1.82, 2.24) is 4.90 Å². The van der Waals surface area contributed by atoms with Crippen LogP contribution in [0.25, 0.3) is 0 Å². The number of carbonyl (C=O) groups is 2. The summed E-state index contributed by atoms with van der Waals surface area (Å²) in [7, 11) is 0. The van der Waals surface area contributed by atoms with Crippen LogP contribution < -0.4 is 9.47 Å². The van der Waals surface area contributed by atoms with Crippen LogP contribution in [-0.4, -0.2) is 48.2 Å². The molecule has 1 heterocycles. The molecule has 1 aliphatic heterocycles. The van der Waals surface area contributed by atoms with Crippen molar-refractivity contribution in [2.24, 2.45) is 5.92 Å². The van der Waals surface area contributed by atoms with Crippen LogP contribution >= 0.6 is 0 Å². The van der Waals surface area contributed by atoms with Gasteiger partial charge in [0.25, 0.3) is 5.91 Å². The number of amides is 1. The van der Waals surface area contributed by atoms with Crippen molar-refractivity contribution >= 4 is 11.9 Å². The largest absolute Gasteiger partial charge is 0.490 e. The minimum absolute atomic E-state index is 0.0484. The summed E-state index contributed by atoms with van der Waals surface area (Å²) in [6, 6.07) is 5.23. The molecule has 24 heavy (non-hydrogen) atoms. The van der Waals surface area contributed by atoms with Crippen molar-refractivity contribution in [3.05, 3.63) is 23.8 Å². The predicted molar refractivity (Wildman–Crippen MR) is 89.7 cm³/mol. The van der Waals surface area contributed by atoms with Crippen molar-refractivity contribution in [2.75, 3.05) is 26.3 Å². The summed E-state index contributed by atoms with van der Waals surface area (Å²) >= 11 is 0. The molecule has 0 bridgehead atoms. The minimum atomic E-state index is -0.771. The molecule has 2 rings (SSSR count). The highest BCUT2D eigenvalue weighted by Crippen LogP contribution is 2.30. The van der Waals surface area contributed by atoms with Gasteiger partial charge in [-0.05, 0) is 50.8 Å². The highest BCUT2D eigenvalue weighted by atomic mass is 16.5. The van der Waals surface area contributed by atoms with Gasteiger partial charge in [-0.3, -0.25) is 9.59 Å². The zero-order chi connectivity index (χ0) is 17.5. The molecule has 6 nitrogen and oxygen atoms in total. The van der Waals surface area contributed by atoms with Gasteiger partial charge in [0.2, 0.25) is 0 Å². The molecule has 132 valence electrons. The van der Waals surface area contributed by atoms with Crippen molar-refractivity contribution in [3.63, 3.8) is 0 Å². The maximum atomic E-state index is 12.7. The molecule has 0 spiro atoms. The van der Waals surface area contributed by atoms with E-state index in [0.717, 1.165) is 12.8 Å². The van der Waals surface area contributed by atoms with Crippen molar-refractivity contribution in [1.29, 1.82) is 0 Å². The molecule has 1 aromatic carbocycles. The van der Waals surface area contributed by atoms with Crippen molar-refractivity contribution < 1.29 is 24.2 Å². The number of carbonyl (C=O) groups excluding carboxylic acids is 1. The summed E-state index contributed by atoms with van der Waals surface area (Å²) in [6.07, 6.45) is 1.64. The second-order valence-electron chi connectivity index (χ2n) is 5.86. The highest BCUT2D eigenvalue weighted by molar-refractivity contribution is 5.95. The molecule has 1 N–H and O–H groups in total. The van der Waals surface area contributed by atoms with Gasteiger partial charge in [0, 0.05) is 25.1 Å². The molecule has 1 amide bonds. The molecule has 1 aromatic rings. The molecule has 0 radical (unpaired) electrons. The number of likely N-dealkylation sites (tertiary alicyclic amines) is 1. The Morgan fingerprint density at radius 2 is 1.75 bits per heavy atom. The quantitative estimate of drug-likeness (QED) is 0.829. The molecular formula is C18H25NO5. The van der Waals surface area contributed by atoms with E-state index in [9.17, 15) is 9.59 Å². The van der Waals surface area contributed by atoms with Crippen LogP contribution in [0.2, 0.25) is 0 Å². The van der Waals surface area contributed by atoms with E-state index in [1.165, 1.54) is 0 Å². The molecule has 6 heteroatoms. The molecule has 0 atom stereocenters. The van der Waals surface area contributed by atoms with Gasteiger partial charge in [-0.25, -0.2) is 0 Å². The molecular weight excluding hydrogens is 310 g/mol. The smallest absolute Gasteiger partial charge is 0.303 e. The lowest BCUT2D eigenvalue weighted by Crippen LogP contribution is -2.38. The third-order valence-corrected chi connectivity index (χ3v) is 4.16. The van der Waals surface area contributed by atoms with Gasteiger partial charge in [-0.1, -0.05) is 0 Å². The highest BCUT2D eigenvalue weighted by Gasteiger charge is 2.25. The fourth-order valence-corrected chi connectivity index (χ4v) is 2.95. The first kappa shape index (κ1) is 18.1. The normalized spacial score (nSPS) is 15.2. The van der Waals surface area contributed by atoms with Crippen LogP contribution in [0.1, 0.15) is 43.5 Å². The lowest BCUT2D eigenvalue weighted by Gasteiger charge is -2.31. The Morgan fingerprint density at radius 3 is 2.33 bits per heavy atom. The van der Waals surface area contributed by atoms with Gasteiger partial charge >= 0.3 is 5.97 Å². The van der Waals surface area contributed by atoms with E-state index in [2.05, 4.69) is 0 Å². The number of benzene rings is 1. The van der Waals surface area contributed by atoms with E-state index < -0.39 is 5.97 Å². The zero-order valence-electron chi connectivity index (χ0n) is 14.3. The van der Waals surface area contributed by atoms with Gasteiger partial charge in [-0.2, -0.15) is 0 Å². The number of carboxylic acids is 1. The van der Waals surface area contributed by atoms with Crippen LogP contribution in [-0.2, 0) is 4.79 Å². The van der Waals surface area contributed by atoms with Crippen LogP contribution in [0.5, 0.6) is 11.5 Å². The number of aliphatic carboxylic acids is 1. The van der Waals surface area contributed by atoms with Gasteiger partial charge < -0.3 is 19.5 Å². The number of piperidine rings is 1. The summed E-state index contributed by atoms with van der Waals surface area (Å²) in [6.45, 7) is 6.00. The Kier molecular flexibility index (Phi) is 6.46. The predicted octanol–water partition coefficient (Wildman–Crippen LogP) is 2.81. The first-order chi connectivity index (χ1) is 11.5. The Morgan fingerprint density at radius 1 is 1.12 bits per heavy atom. The third kappa shape index (κ3) is 4.63. The summed E-state index contributed by atoms with van der Waals surface area (Å²) in [5.41, 5.74) is 0.568. The van der Waals surface area contributed by atoms with E-state index in [-0.39, 0.29) is 18.2 Å². The first-order valence-corrected chi connectivity index (χ1v) is 8.45. The second-order valence-corrected chi connectivity index (χ2v) is 5.86. The third-order valence-electron chi connectivity index (χ3n) is 4.16. The first-order valence-electron chi connectivity index (χ1n) is 8.45. The van der Waals surface area contributed by atoms with E-state index in [1.807, 2.05) is 13.8 Å². The second kappa shape index (κ2) is 8.57. The standard InChI is InChI=1S/C18H25NO5/c1-3-23-15-6-5-14(12-16(15)24-4-2)18(22)19-9-7-13(8-10-19)11-17(20)21/h5-6,12-13H,3-4,7-11H2,1-2H3,(H,20,21). The molecule has 0 unspecified atom stereocenters. The van der Waals surface area contributed by atoms with E-state index >= 15 is 0 Å². The van der Waals surface area contributed by atoms with Gasteiger partial charge in [0.05, 0.1) is 13.2 Å². The van der Waals surface area contributed by atoms with Crippen molar-refractivity contribution in [2.45, 2.75) is 33.1 Å². The minimum Gasteiger partial charge on any atom is -0.490 e. The fourth-order valence-electron chi connectivity index (χ4n) is 2.95. The van der Waals surface area contributed by atoms with Crippen molar-refractivity contribution in [3.8, 4) is 11.5 Å². The van der Waals surface area contributed by atoms with E-state index in [4.69, 9.17) is 14.6 Å². The Bertz CT molecular complexity index is 579. The SMILES string of the molecule is CCOc1ccc(C(=O)N2CCC(CC(=O)O)CC2)cc1OCC. The number of carboxylic acid groups (broad SMARTS) is 1. The molecule has 0 saturated carbocycles. The lowest BCUT2D eigenvalue weighted by atomic mass is 9.93. The summed E-state index contributed by atoms with van der Waals surface area (Å²) in [5.74, 6) is 0.549. The molecule has 1 saturated heterocycles. The number of nitrogens with zero attached hydrogens (tertiary/aromatic N) is 1. The molecule has 1 aliphatic rings. The number of hydrogen-bond donors (Lipinski definition) is 1. The Hall–Kier alpha value is -2.24. The van der Waals surface area contributed by atoms with Gasteiger partial charge in [-0.15, -0.1) is 0 Å². The van der Waals surface area contributed by atoms with Crippen LogP contribution in [0.15, 0.2) is 18.2 Å². The molecule has 1 fully saturated rings. The van der Waals surface area contributed by atoms with Gasteiger partial charge in [0.15, 0.2) is 11.5 Å². The Labute approximate surface area is 142 Å². The molecule has 0 aliphatic carbocycles. The van der Waals surface area contributed by atoms with Gasteiger partial charge in [0.1, 0.15) is 0 Å². The van der Waals surface area contributed by atoms with E-state index in [1.54, 1.807) is 23.1 Å². The Balaban J connectivity index is 2.04.